The molecule has 1 aromatic carbocycles. The number of thiophene rings is 1. The second kappa shape index (κ2) is 7.84. The lowest BCUT2D eigenvalue weighted by atomic mass is 10.1. The maximum Gasteiger partial charge on any atom is 0.174 e. The van der Waals surface area contributed by atoms with Crippen molar-refractivity contribution >= 4 is 17.1 Å². The number of rotatable bonds is 6. The Morgan fingerprint density at radius 2 is 2.04 bits per heavy atom. The number of ether oxygens (including phenoxy) is 1. The summed E-state index contributed by atoms with van der Waals surface area (Å²) in [6.07, 6.45) is 0.495. The molecule has 1 N–H and O–H groups in total. The van der Waals surface area contributed by atoms with Crippen LogP contribution < -0.4 is 0 Å². The molecule has 4 nitrogen and oxygen atoms in total. The average Bonchev–Trinajstić information content (AvgIpc) is 3.12. The zero-order valence-corrected chi connectivity index (χ0v) is 13.8. The minimum absolute atomic E-state index is 0.0653. The van der Waals surface area contributed by atoms with Gasteiger partial charge in [-0.1, -0.05) is 30.3 Å². The molecule has 0 radical (unpaired) electrons. The van der Waals surface area contributed by atoms with Gasteiger partial charge in [0.1, 0.15) is 0 Å². The third-order valence-electron chi connectivity index (χ3n) is 4.16. The zero-order valence-electron chi connectivity index (χ0n) is 13.0. The van der Waals surface area contributed by atoms with E-state index in [-0.39, 0.29) is 18.4 Å². The van der Waals surface area contributed by atoms with Crippen LogP contribution in [0.15, 0.2) is 41.8 Å². The number of ketones is 1. The molecule has 1 saturated heterocycles. The summed E-state index contributed by atoms with van der Waals surface area (Å²) in [5, 5.41) is 11.1. The SMILES string of the molecule is O=C(C[C@H]1COCCN1Cc1ccc(CO)cc1)c1cccs1. The molecule has 122 valence electrons. The van der Waals surface area contributed by atoms with Crippen LogP contribution in [-0.4, -0.2) is 41.6 Å². The largest absolute Gasteiger partial charge is 0.392 e. The summed E-state index contributed by atoms with van der Waals surface area (Å²) in [5.41, 5.74) is 2.11. The molecule has 2 aromatic rings. The number of nitrogens with zero attached hydrogens (tertiary/aromatic N) is 1. The molecule has 0 bridgehead atoms. The van der Waals surface area contributed by atoms with Gasteiger partial charge in [0.25, 0.3) is 0 Å². The number of aliphatic hydroxyl groups is 1. The van der Waals surface area contributed by atoms with Crippen LogP contribution in [0.4, 0.5) is 0 Å². The first-order chi connectivity index (χ1) is 11.3. The topological polar surface area (TPSA) is 49.8 Å². The number of carbonyl (C=O) groups excluding carboxylic acids is 1. The molecule has 1 aliphatic rings. The molecule has 0 aliphatic carbocycles. The first-order valence-electron chi connectivity index (χ1n) is 7.83. The Kier molecular flexibility index (Phi) is 5.56. The number of hydrogen-bond acceptors (Lipinski definition) is 5. The predicted molar refractivity (Wildman–Crippen MR) is 90.6 cm³/mol. The van der Waals surface area contributed by atoms with E-state index in [9.17, 15) is 4.79 Å². The highest BCUT2D eigenvalue weighted by molar-refractivity contribution is 7.12. The Balaban J connectivity index is 1.64. The molecule has 1 fully saturated rings. The van der Waals surface area contributed by atoms with Crippen molar-refractivity contribution in [1.29, 1.82) is 0 Å². The second-order valence-electron chi connectivity index (χ2n) is 5.78. The number of hydrogen-bond donors (Lipinski definition) is 1. The van der Waals surface area contributed by atoms with Crippen molar-refractivity contribution in [2.45, 2.75) is 25.6 Å². The fraction of sp³-hybridized carbons (Fsp3) is 0.389. The molecule has 1 aliphatic heterocycles. The quantitative estimate of drug-likeness (QED) is 0.827. The number of morpholine rings is 1. The van der Waals surface area contributed by atoms with Gasteiger partial charge >= 0.3 is 0 Å². The Bertz CT molecular complexity index is 624. The fourth-order valence-electron chi connectivity index (χ4n) is 2.82. The monoisotopic (exact) mass is 331 g/mol. The van der Waals surface area contributed by atoms with Gasteiger partial charge in [0.15, 0.2) is 5.78 Å². The molecule has 0 spiro atoms. The standard InChI is InChI=1S/C18H21NO3S/c20-12-15-5-3-14(4-6-15)11-19-7-8-22-13-16(19)10-17(21)18-2-1-9-23-18/h1-6,9,16,20H,7-8,10-13H2/t16-/m0/s1. The van der Waals surface area contributed by atoms with Gasteiger partial charge in [-0.2, -0.15) is 0 Å². The number of benzene rings is 1. The van der Waals surface area contributed by atoms with E-state index in [2.05, 4.69) is 4.90 Å². The van der Waals surface area contributed by atoms with Crippen LogP contribution >= 0.6 is 11.3 Å². The summed E-state index contributed by atoms with van der Waals surface area (Å²) >= 11 is 1.50. The van der Waals surface area contributed by atoms with E-state index >= 15 is 0 Å². The number of Topliss-reactive ketones (excluding diaryl/α,β-unsaturated/α-hetero) is 1. The van der Waals surface area contributed by atoms with Crippen LogP contribution in [0.1, 0.15) is 27.2 Å². The molecule has 2 heterocycles. The van der Waals surface area contributed by atoms with Crippen LogP contribution in [0.25, 0.3) is 0 Å². The lowest BCUT2D eigenvalue weighted by molar-refractivity contribution is -0.0125. The molecular formula is C18H21NO3S. The van der Waals surface area contributed by atoms with Crippen LogP contribution in [0.3, 0.4) is 0 Å². The van der Waals surface area contributed by atoms with Gasteiger partial charge in [-0.05, 0) is 22.6 Å². The Morgan fingerprint density at radius 3 is 2.74 bits per heavy atom. The molecule has 0 saturated carbocycles. The first kappa shape index (κ1) is 16.3. The van der Waals surface area contributed by atoms with E-state index in [1.807, 2.05) is 41.8 Å². The van der Waals surface area contributed by atoms with Crippen molar-refractivity contribution in [2.75, 3.05) is 19.8 Å². The molecule has 3 rings (SSSR count). The molecule has 0 unspecified atom stereocenters. The van der Waals surface area contributed by atoms with Crippen LogP contribution in [-0.2, 0) is 17.9 Å². The second-order valence-corrected chi connectivity index (χ2v) is 6.73. The first-order valence-corrected chi connectivity index (χ1v) is 8.71. The molecule has 5 heteroatoms. The average molecular weight is 331 g/mol. The summed E-state index contributed by atoms with van der Waals surface area (Å²) in [7, 11) is 0. The van der Waals surface area contributed by atoms with Crippen molar-refractivity contribution in [3.63, 3.8) is 0 Å². The van der Waals surface area contributed by atoms with E-state index < -0.39 is 0 Å². The Labute approximate surface area is 140 Å². The van der Waals surface area contributed by atoms with Gasteiger partial charge in [0.05, 0.1) is 24.7 Å². The normalized spacial score (nSPS) is 18.9. The van der Waals surface area contributed by atoms with Crippen LogP contribution in [0, 0.1) is 0 Å². The van der Waals surface area contributed by atoms with Crippen molar-refractivity contribution in [3.8, 4) is 0 Å². The maximum absolute atomic E-state index is 12.4. The van der Waals surface area contributed by atoms with Crippen molar-refractivity contribution in [2.24, 2.45) is 0 Å². The molecule has 23 heavy (non-hydrogen) atoms. The van der Waals surface area contributed by atoms with Gasteiger partial charge in [0, 0.05) is 25.6 Å². The van der Waals surface area contributed by atoms with Gasteiger partial charge in [-0.15, -0.1) is 11.3 Å². The lowest BCUT2D eigenvalue weighted by Crippen LogP contribution is -2.45. The van der Waals surface area contributed by atoms with Gasteiger partial charge in [-0.25, -0.2) is 0 Å². The summed E-state index contributed by atoms with van der Waals surface area (Å²) in [4.78, 5) is 15.5. The fourth-order valence-corrected chi connectivity index (χ4v) is 3.50. The maximum atomic E-state index is 12.4. The van der Waals surface area contributed by atoms with Crippen LogP contribution in [0.5, 0.6) is 0 Å². The zero-order chi connectivity index (χ0) is 16.1. The highest BCUT2D eigenvalue weighted by Gasteiger charge is 2.26. The van der Waals surface area contributed by atoms with Gasteiger partial charge in [-0.3, -0.25) is 9.69 Å². The van der Waals surface area contributed by atoms with Crippen LogP contribution in [0.2, 0.25) is 0 Å². The smallest absolute Gasteiger partial charge is 0.174 e. The third kappa shape index (κ3) is 4.26. The van der Waals surface area contributed by atoms with E-state index in [0.29, 0.717) is 19.6 Å². The van der Waals surface area contributed by atoms with E-state index in [4.69, 9.17) is 9.84 Å². The lowest BCUT2D eigenvalue weighted by Gasteiger charge is -2.35. The van der Waals surface area contributed by atoms with Crippen molar-refractivity contribution < 1.29 is 14.6 Å². The summed E-state index contributed by atoms with van der Waals surface area (Å²) < 4.78 is 5.58. The highest BCUT2D eigenvalue weighted by atomic mass is 32.1. The highest BCUT2D eigenvalue weighted by Crippen LogP contribution is 2.19. The molecule has 1 aromatic heterocycles. The minimum Gasteiger partial charge on any atom is -0.392 e. The summed E-state index contributed by atoms with van der Waals surface area (Å²) in [6.45, 7) is 3.02. The van der Waals surface area contributed by atoms with Crippen molar-refractivity contribution in [3.05, 3.63) is 57.8 Å². The predicted octanol–water partition coefficient (Wildman–Crippen LogP) is 2.71. The third-order valence-corrected chi connectivity index (χ3v) is 5.07. The Hall–Kier alpha value is -1.53. The number of carbonyl (C=O) groups is 1. The number of aliphatic hydroxyl groups excluding tert-OH is 1. The van der Waals surface area contributed by atoms with E-state index in [0.717, 1.165) is 23.5 Å². The molecule has 1 atom stereocenters. The van der Waals surface area contributed by atoms with E-state index in [1.54, 1.807) is 0 Å². The van der Waals surface area contributed by atoms with Gasteiger partial charge in [0.2, 0.25) is 0 Å². The molecule has 0 amide bonds. The molecular weight excluding hydrogens is 310 g/mol. The Morgan fingerprint density at radius 1 is 1.26 bits per heavy atom. The van der Waals surface area contributed by atoms with E-state index in [1.165, 1.54) is 16.9 Å². The summed E-state index contributed by atoms with van der Waals surface area (Å²) in [5.74, 6) is 0.191. The van der Waals surface area contributed by atoms with Crippen molar-refractivity contribution in [1.82, 2.24) is 4.90 Å². The van der Waals surface area contributed by atoms with Gasteiger partial charge < -0.3 is 9.84 Å². The minimum atomic E-state index is 0.0653. The summed E-state index contributed by atoms with van der Waals surface area (Å²) in [6, 6.07) is 11.9.